The summed E-state index contributed by atoms with van der Waals surface area (Å²) in [6.45, 7) is 0. The van der Waals surface area contributed by atoms with Crippen LogP contribution in [0, 0.1) is 0 Å². The number of hydrogen-bond acceptors (Lipinski definition) is 3. The van der Waals surface area contributed by atoms with Crippen LogP contribution in [-0.2, 0) is 0 Å². The summed E-state index contributed by atoms with van der Waals surface area (Å²) in [6.07, 6.45) is 2.99. The lowest BCUT2D eigenvalue weighted by Gasteiger charge is -1.95. The zero-order chi connectivity index (χ0) is 10.8. The second-order valence-electron chi connectivity index (χ2n) is 2.89. The van der Waals surface area contributed by atoms with Crippen LogP contribution in [0.1, 0.15) is 10.5 Å². The van der Waals surface area contributed by atoms with E-state index < -0.39 is 5.91 Å². The van der Waals surface area contributed by atoms with E-state index in [0.717, 1.165) is 5.56 Å². The molecule has 0 saturated carbocycles. The third-order valence-electron chi connectivity index (χ3n) is 1.88. The fourth-order valence-corrected chi connectivity index (χ4v) is 1.32. The van der Waals surface area contributed by atoms with Crippen molar-refractivity contribution in [3.63, 3.8) is 0 Å². The number of halogens is 1. The Morgan fingerprint density at radius 2 is 2.20 bits per heavy atom. The molecule has 0 aromatic carbocycles. The lowest BCUT2D eigenvalue weighted by atomic mass is 10.2. The van der Waals surface area contributed by atoms with Gasteiger partial charge in [-0.3, -0.25) is 4.79 Å². The van der Waals surface area contributed by atoms with Gasteiger partial charge in [0.1, 0.15) is 17.2 Å². The number of hydrogen-bond donors (Lipinski definition) is 2. The summed E-state index contributed by atoms with van der Waals surface area (Å²) in [5.74, 6) is -0.513. The first-order valence-electron chi connectivity index (χ1n) is 4.13. The Bertz CT molecular complexity index is 508. The highest BCUT2D eigenvalue weighted by atomic mass is 35.5. The fraction of sp³-hybridized carbons (Fsp3) is 0. The minimum Gasteiger partial charge on any atom is -0.364 e. The van der Waals surface area contributed by atoms with E-state index in [1.54, 1.807) is 18.3 Å². The Morgan fingerprint density at radius 1 is 1.40 bits per heavy atom. The van der Waals surface area contributed by atoms with Gasteiger partial charge in [-0.15, -0.1) is 0 Å². The number of nitrogens with one attached hydrogen (secondary N) is 1. The summed E-state index contributed by atoms with van der Waals surface area (Å²) in [5.41, 5.74) is 6.82. The second-order valence-corrected chi connectivity index (χ2v) is 3.28. The van der Waals surface area contributed by atoms with Gasteiger partial charge in [0.15, 0.2) is 0 Å². The Labute approximate surface area is 90.3 Å². The van der Waals surface area contributed by atoms with Gasteiger partial charge < -0.3 is 10.7 Å². The van der Waals surface area contributed by atoms with E-state index in [-0.39, 0.29) is 0 Å². The molecule has 0 aliphatic heterocycles. The van der Waals surface area contributed by atoms with Crippen molar-refractivity contribution < 1.29 is 4.79 Å². The average Bonchev–Trinajstić information content (AvgIpc) is 2.66. The van der Waals surface area contributed by atoms with E-state index in [4.69, 9.17) is 17.3 Å². The largest absolute Gasteiger partial charge is 0.364 e. The molecule has 0 atom stereocenters. The van der Waals surface area contributed by atoms with Gasteiger partial charge in [0.05, 0.1) is 5.69 Å². The number of nitrogens with zero attached hydrogens (tertiary/aromatic N) is 2. The van der Waals surface area contributed by atoms with Gasteiger partial charge in [0, 0.05) is 17.8 Å². The maximum Gasteiger partial charge on any atom is 0.265 e. The van der Waals surface area contributed by atoms with Crippen LogP contribution in [0.5, 0.6) is 0 Å². The van der Waals surface area contributed by atoms with Crippen molar-refractivity contribution >= 4 is 17.5 Å². The average molecular weight is 223 g/mol. The Kier molecular flexibility index (Phi) is 2.39. The Hall–Kier alpha value is -1.88. The Morgan fingerprint density at radius 3 is 2.80 bits per heavy atom. The van der Waals surface area contributed by atoms with Crippen molar-refractivity contribution in [1.29, 1.82) is 0 Å². The topological polar surface area (TPSA) is 84.7 Å². The highest BCUT2D eigenvalue weighted by molar-refractivity contribution is 6.29. The van der Waals surface area contributed by atoms with Crippen LogP contribution in [0.25, 0.3) is 11.3 Å². The monoisotopic (exact) mass is 222 g/mol. The van der Waals surface area contributed by atoms with Crippen molar-refractivity contribution in [3.05, 3.63) is 35.5 Å². The van der Waals surface area contributed by atoms with Gasteiger partial charge in [-0.2, -0.15) is 0 Å². The molecule has 0 unspecified atom stereocenters. The first kappa shape index (κ1) is 9.67. The molecule has 5 nitrogen and oxygen atoms in total. The third kappa shape index (κ3) is 1.97. The van der Waals surface area contributed by atoms with Gasteiger partial charge in [0.2, 0.25) is 0 Å². The minimum atomic E-state index is -0.513. The molecule has 2 aromatic rings. The number of aromatic amines is 1. The van der Waals surface area contributed by atoms with Crippen LogP contribution < -0.4 is 5.73 Å². The molecule has 0 aliphatic rings. The summed E-state index contributed by atoms with van der Waals surface area (Å²) >= 11 is 5.71. The summed E-state index contributed by atoms with van der Waals surface area (Å²) in [6, 6.07) is 3.22. The zero-order valence-electron chi connectivity index (χ0n) is 7.57. The van der Waals surface area contributed by atoms with Crippen molar-refractivity contribution in [3.8, 4) is 11.3 Å². The molecule has 0 radical (unpaired) electrons. The fourth-order valence-electron chi connectivity index (χ4n) is 1.18. The molecule has 0 saturated heterocycles. The zero-order valence-corrected chi connectivity index (χ0v) is 8.32. The highest BCUT2D eigenvalue weighted by Gasteiger charge is 2.07. The summed E-state index contributed by atoms with van der Waals surface area (Å²) < 4.78 is 0. The van der Waals surface area contributed by atoms with Crippen LogP contribution in [-0.4, -0.2) is 20.9 Å². The van der Waals surface area contributed by atoms with Crippen LogP contribution in [0.2, 0.25) is 5.15 Å². The number of primary amides is 1. The third-order valence-corrected chi connectivity index (χ3v) is 2.08. The van der Waals surface area contributed by atoms with Crippen LogP contribution in [0.3, 0.4) is 0 Å². The maximum absolute atomic E-state index is 10.8. The van der Waals surface area contributed by atoms with E-state index in [1.165, 1.54) is 6.33 Å². The molecule has 0 bridgehead atoms. The lowest BCUT2D eigenvalue weighted by molar-refractivity contribution is 0.0996. The minimum absolute atomic E-state index is 0.333. The number of aromatic nitrogens is 3. The number of rotatable bonds is 2. The first-order chi connectivity index (χ1) is 7.16. The van der Waals surface area contributed by atoms with Gasteiger partial charge in [-0.25, -0.2) is 9.97 Å². The molecule has 1 amide bonds. The molecular formula is C9H7ClN4O. The standard InChI is InChI=1S/C9H7ClN4O/c10-8-2-6(13-4-14-8)5-1-7(9(11)15)12-3-5/h1-4,12H,(H2,11,15). The lowest BCUT2D eigenvalue weighted by Crippen LogP contribution is -2.10. The number of nitrogens with two attached hydrogens (primary N) is 1. The van der Waals surface area contributed by atoms with Crippen LogP contribution in [0.4, 0.5) is 0 Å². The first-order valence-corrected chi connectivity index (χ1v) is 4.51. The van der Waals surface area contributed by atoms with E-state index >= 15 is 0 Å². The van der Waals surface area contributed by atoms with Crippen LogP contribution >= 0.6 is 11.6 Å². The molecule has 2 rings (SSSR count). The van der Waals surface area contributed by atoms with Crippen LogP contribution in [0.15, 0.2) is 24.7 Å². The molecule has 0 spiro atoms. The number of H-pyrrole nitrogens is 1. The van der Waals surface area contributed by atoms with Crippen molar-refractivity contribution in [2.75, 3.05) is 0 Å². The predicted octanol–water partition coefficient (Wildman–Crippen LogP) is 1.22. The molecule has 15 heavy (non-hydrogen) atoms. The summed E-state index contributed by atoms with van der Waals surface area (Å²) in [7, 11) is 0. The maximum atomic E-state index is 10.8. The Balaban J connectivity index is 2.41. The quantitative estimate of drug-likeness (QED) is 0.750. The van der Waals surface area contributed by atoms with E-state index in [2.05, 4.69) is 15.0 Å². The molecule has 2 heterocycles. The highest BCUT2D eigenvalue weighted by Crippen LogP contribution is 2.19. The van der Waals surface area contributed by atoms with Gasteiger partial charge in [0.25, 0.3) is 5.91 Å². The predicted molar refractivity (Wildman–Crippen MR) is 55.3 cm³/mol. The summed E-state index contributed by atoms with van der Waals surface area (Å²) in [5, 5.41) is 0.349. The molecule has 2 aromatic heterocycles. The smallest absolute Gasteiger partial charge is 0.265 e. The molecule has 6 heteroatoms. The van der Waals surface area contributed by atoms with Gasteiger partial charge >= 0.3 is 0 Å². The summed E-state index contributed by atoms with van der Waals surface area (Å²) in [4.78, 5) is 21.4. The van der Waals surface area contributed by atoms with E-state index in [9.17, 15) is 4.79 Å². The van der Waals surface area contributed by atoms with Gasteiger partial charge in [-0.05, 0) is 6.07 Å². The normalized spacial score (nSPS) is 10.2. The molecule has 0 fully saturated rings. The molecular weight excluding hydrogens is 216 g/mol. The second kappa shape index (κ2) is 3.70. The molecule has 0 aliphatic carbocycles. The van der Waals surface area contributed by atoms with E-state index in [0.29, 0.717) is 16.5 Å². The molecule has 3 N–H and O–H groups in total. The SMILES string of the molecule is NC(=O)c1cc(-c2cc(Cl)ncn2)c[nH]1. The van der Waals surface area contributed by atoms with Crippen molar-refractivity contribution in [2.45, 2.75) is 0 Å². The van der Waals surface area contributed by atoms with E-state index in [1.807, 2.05) is 0 Å². The van der Waals surface area contributed by atoms with Crippen molar-refractivity contribution in [1.82, 2.24) is 15.0 Å². The van der Waals surface area contributed by atoms with Crippen molar-refractivity contribution in [2.24, 2.45) is 5.73 Å². The number of amides is 1. The molecule has 76 valence electrons. The van der Waals surface area contributed by atoms with Gasteiger partial charge in [-0.1, -0.05) is 11.6 Å². The number of carbonyl (C=O) groups is 1. The number of carbonyl (C=O) groups excluding carboxylic acids is 1.